The van der Waals surface area contributed by atoms with Gasteiger partial charge in [-0.05, 0) is 95.9 Å². The third-order valence-electron chi connectivity index (χ3n) is 6.89. The first-order chi connectivity index (χ1) is 32.2. The molecule has 0 radical (unpaired) electrons. The predicted molar refractivity (Wildman–Crippen MR) is 183 cm³/mol. The molecule has 0 aliphatic heterocycles. The van der Waals surface area contributed by atoms with Gasteiger partial charge in [0.05, 0.1) is 35.6 Å². The van der Waals surface area contributed by atoms with E-state index in [0.717, 1.165) is 0 Å². The van der Waals surface area contributed by atoms with E-state index in [2.05, 4.69) is 0 Å². The smallest absolute Gasteiger partial charge is 0.136 e. The lowest BCUT2D eigenvalue weighted by atomic mass is 9.85. The van der Waals surface area contributed by atoms with Crippen LogP contribution in [-0.2, 0) is 0 Å². The predicted octanol–water partition coefficient (Wildman–Crippen LogP) is 12.0. The average Bonchev–Trinajstić information content (AvgIpc) is 3.73. The molecule has 9 aromatic rings. The molecule has 0 aliphatic rings. The molecular weight excluding hydrogens is 520 g/mol. The lowest BCUT2D eigenvalue weighted by molar-refractivity contribution is 0.669. The Balaban J connectivity index is 1.55. The second-order valence-electron chi connectivity index (χ2n) is 9.26. The lowest BCUT2D eigenvalue weighted by Crippen LogP contribution is -1.91. The third-order valence-corrected chi connectivity index (χ3v) is 6.89. The first kappa shape index (κ1) is 9.69. The quantitative estimate of drug-likeness (QED) is 0.192. The van der Waals surface area contributed by atoms with E-state index < -0.39 is 245 Å². The van der Waals surface area contributed by atoms with E-state index in [1.54, 1.807) is 0 Å². The summed E-state index contributed by atoms with van der Waals surface area (Å²) in [5, 5.41) is -4.93. The van der Waals surface area contributed by atoms with Crippen molar-refractivity contribution in [2.24, 2.45) is 0 Å². The minimum absolute atomic E-state index is 0.494. The van der Waals surface area contributed by atoms with Crippen molar-refractivity contribution >= 4 is 54.3 Å². The minimum atomic E-state index is -0.979. The van der Waals surface area contributed by atoms with Gasteiger partial charge in [0.25, 0.3) is 0 Å². The topological polar surface area (TPSA) is 13.1 Å². The Morgan fingerprint density at radius 1 is 0.326 bits per heavy atom. The van der Waals surface area contributed by atoms with Crippen molar-refractivity contribution in [3.05, 3.63) is 157 Å². The van der Waals surface area contributed by atoms with Crippen molar-refractivity contribution in [3.8, 4) is 33.4 Å². The van der Waals surface area contributed by atoms with Crippen LogP contribution in [0.15, 0.2) is 162 Å². The highest BCUT2D eigenvalue weighted by Gasteiger charge is 2.18. The van der Waals surface area contributed by atoms with Gasteiger partial charge in [0.15, 0.2) is 0 Å². The molecule has 0 spiro atoms. The minimum Gasteiger partial charge on any atom is -0.456 e. The standard InChI is InChI=1S/C42H26O/c1-2-10-27(11-3-1)30-21-23-39-38(25-30)33-22-20-32(26-40(33)43-39)42-36-16-8-6-14-34(36)41(35-15-7-9-17-37(35)42)31-19-18-28-12-4-5-13-29(28)24-31/h1-26H/i1D,2D,3D,4D,5D,6D,7D,8D,9D,10D,11D,12D,13D,14D,15D,16D,17D,18D,19D,20D,21D,22D,23D,24D,25D,26D. The van der Waals surface area contributed by atoms with Crippen molar-refractivity contribution < 1.29 is 40.1 Å². The number of hydrogen-bond acceptors (Lipinski definition) is 1. The molecule has 43 heavy (non-hydrogen) atoms. The Morgan fingerprint density at radius 3 is 1.58 bits per heavy atom. The monoisotopic (exact) mass is 572 g/mol. The first-order valence-electron chi connectivity index (χ1n) is 25.7. The van der Waals surface area contributed by atoms with Crippen molar-refractivity contribution in [2.45, 2.75) is 0 Å². The molecular formula is C42H26O. The van der Waals surface area contributed by atoms with Crippen LogP contribution >= 0.6 is 0 Å². The highest BCUT2D eigenvalue weighted by molar-refractivity contribution is 6.22. The molecule has 0 saturated carbocycles. The summed E-state index contributed by atoms with van der Waals surface area (Å²) in [6.07, 6.45) is 0. The molecule has 0 unspecified atom stereocenters. The van der Waals surface area contributed by atoms with Gasteiger partial charge < -0.3 is 4.42 Å². The highest BCUT2D eigenvalue weighted by atomic mass is 16.3. The normalized spacial score (nSPS) is 20.2. The van der Waals surface area contributed by atoms with Crippen molar-refractivity contribution in [2.75, 3.05) is 0 Å². The zero-order chi connectivity index (χ0) is 51.0. The second-order valence-corrected chi connectivity index (χ2v) is 9.26. The Labute approximate surface area is 285 Å². The molecule has 9 rings (SSSR count). The fourth-order valence-corrected chi connectivity index (χ4v) is 5.05. The summed E-state index contributed by atoms with van der Waals surface area (Å²) in [5.41, 5.74) is -5.44. The van der Waals surface area contributed by atoms with Crippen LogP contribution in [0.4, 0.5) is 0 Å². The molecule has 1 nitrogen and oxygen atoms in total. The summed E-state index contributed by atoms with van der Waals surface area (Å²) in [5.74, 6) is 0. The molecule has 1 heteroatoms. The van der Waals surface area contributed by atoms with Crippen LogP contribution < -0.4 is 0 Å². The molecule has 0 saturated heterocycles. The molecule has 0 aliphatic carbocycles. The van der Waals surface area contributed by atoms with Gasteiger partial charge in [-0.3, -0.25) is 0 Å². The van der Waals surface area contributed by atoms with Gasteiger partial charge in [-0.15, -0.1) is 0 Å². The molecule has 0 N–H and O–H groups in total. The number of furan rings is 1. The van der Waals surface area contributed by atoms with Crippen LogP contribution in [0.1, 0.15) is 35.6 Å². The average molecular weight is 573 g/mol. The molecule has 0 atom stereocenters. The SMILES string of the molecule is [2H]c1c([2H])c([2H])c(-c2c([2H])c([2H])c3oc4c([2H])c(-c5c6c([2H])c([2H])c([2H])c([2H])c6c(-c6c([2H])c([2H])c7c([2H])c([2H])c([2H])c([2H])c7c6[2H])c6c([2H])c([2H])c([2H])c([2H])c56)c([2H])c([2H])c4c3c2[2H])c([2H])c1[2H]. The summed E-state index contributed by atoms with van der Waals surface area (Å²) in [4.78, 5) is 0. The van der Waals surface area contributed by atoms with Crippen LogP contribution in [0.3, 0.4) is 0 Å². The van der Waals surface area contributed by atoms with Gasteiger partial charge in [-0.1, -0.05) is 127 Å². The molecule has 200 valence electrons. The van der Waals surface area contributed by atoms with Gasteiger partial charge in [-0.25, -0.2) is 0 Å². The van der Waals surface area contributed by atoms with Crippen LogP contribution in [0.25, 0.3) is 87.6 Å². The molecule has 8 aromatic carbocycles. The van der Waals surface area contributed by atoms with E-state index in [0.29, 0.717) is 0 Å². The zero-order valence-electron chi connectivity index (χ0n) is 47.4. The Hall–Kier alpha value is -5.66. The van der Waals surface area contributed by atoms with Crippen LogP contribution in [0, 0.1) is 0 Å². The molecule has 1 heterocycles. The first-order valence-corrected chi connectivity index (χ1v) is 12.7. The van der Waals surface area contributed by atoms with E-state index in [1.165, 1.54) is 0 Å². The van der Waals surface area contributed by atoms with Gasteiger partial charge in [-0.2, -0.15) is 0 Å². The molecule has 0 bridgehead atoms. The van der Waals surface area contributed by atoms with Gasteiger partial charge >= 0.3 is 0 Å². The van der Waals surface area contributed by atoms with E-state index >= 15 is 0 Å². The van der Waals surface area contributed by atoms with E-state index in [9.17, 15) is 13.7 Å². The van der Waals surface area contributed by atoms with Crippen molar-refractivity contribution in [1.29, 1.82) is 0 Å². The third kappa shape index (κ3) is 3.79. The maximum Gasteiger partial charge on any atom is 0.136 e. The Kier molecular flexibility index (Phi) is 2.13. The van der Waals surface area contributed by atoms with Crippen LogP contribution in [0.5, 0.6) is 0 Å². The summed E-state index contributed by atoms with van der Waals surface area (Å²) < 4.78 is 237. The van der Waals surface area contributed by atoms with Gasteiger partial charge in [0.2, 0.25) is 0 Å². The maximum atomic E-state index is 9.65. The Bertz CT molecular complexity index is 3860. The van der Waals surface area contributed by atoms with Crippen molar-refractivity contribution in [3.63, 3.8) is 0 Å². The zero-order valence-corrected chi connectivity index (χ0v) is 21.4. The Morgan fingerprint density at radius 2 is 0.884 bits per heavy atom. The maximum absolute atomic E-state index is 9.65. The van der Waals surface area contributed by atoms with Crippen LogP contribution in [0.2, 0.25) is 0 Å². The van der Waals surface area contributed by atoms with E-state index in [4.69, 9.17) is 26.3 Å². The number of rotatable bonds is 3. The molecule has 1 aromatic heterocycles. The largest absolute Gasteiger partial charge is 0.456 e. The van der Waals surface area contributed by atoms with Crippen LogP contribution in [-0.4, -0.2) is 0 Å². The van der Waals surface area contributed by atoms with E-state index in [-0.39, 0.29) is 0 Å². The fourth-order valence-electron chi connectivity index (χ4n) is 5.05. The number of benzene rings is 8. The molecule has 0 amide bonds. The number of hydrogen-bond donors (Lipinski definition) is 0. The summed E-state index contributed by atoms with van der Waals surface area (Å²) in [7, 11) is 0. The molecule has 0 fully saturated rings. The summed E-state index contributed by atoms with van der Waals surface area (Å²) >= 11 is 0. The van der Waals surface area contributed by atoms with Gasteiger partial charge in [0, 0.05) is 10.8 Å². The second kappa shape index (κ2) is 9.44. The van der Waals surface area contributed by atoms with E-state index in [1.807, 2.05) is 0 Å². The summed E-state index contributed by atoms with van der Waals surface area (Å²) in [6, 6.07) is -23.0. The van der Waals surface area contributed by atoms with Gasteiger partial charge in [0.1, 0.15) is 11.2 Å². The summed E-state index contributed by atoms with van der Waals surface area (Å²) in [6.45, 7) is 0. The fraction of sp³-hybridized carbons (Fsp3) is 0. The van der Waals surface area contributed by atoms with Crippen molar-refractivity contribution in [1.82, 2.24) is 0 Å². The number of fused-ring (bicyclic) bond motifs is 6. The lowest BCUT2D eigenvalue weighted by Gasteiger charge is -2.18. The highest BCUT2D eigenvalue weighted by Crippen LogP contribution is 2.45.